The molecule has 22 heavy (non-hydrogen) atoms. The van der Waals surface area contributed by atoms with Crippen molar-refractivity contribution in [3.63, 3.8) is 0 Å². The molecule has 4 nitrogen and oxygen atoms in total. The van der Waals surface area contributed by atoms with Crippen LogP contribution >= 0.6 is 15.9 Å². The fourth-order valence-corrected chi connectivity index (χ4v) is 3.06. The molecule has 2 unspecified atom stereocenters. The summed E-state index contributed by atoms with van der Waals surface area (Å²) in [5.41, 5.74) is 7.91. The molecule has 1 aliphatic rings. The maximum Gasteiger partial charge on any atom is 0.410 e. The van der Waals surface area contributed by atoms with Crippen LogP contribution in [0, 0.1) is 6.92 Å². The number of nitrogens with two attached hydrogens (primary N) is 1. The lowest BCUT2D eigenvalue weighted by Crippen LogP contribution is -2.46. The van der Waals surface area contributed by atoms with E-state index in [-0.39, 0.29) is 18.2 Å². The third kappa shape index (κ3) is 4.23. The Balaban J connectivity index is 2.26. The monoisotopic (exact) mass is 368 g/mol. The van der Waals surface area contributed by atoms with Crippen LogP contribution < -0.4 is 5.73 Å². The van der Waals surface area contributed by atoms with Gasteiger partial charge in [0.25, 0.3) is 0 Å². The lowest BCUT2D eigenvalue weighted by Gasteiger charge is -2.39. The fraction of sp³-hybridized carbons (Fsp3) is 0.588. The zero-order valence-electron chi connectivity index (χ0n) is 13.7. The standard InChI is InChI=1S/C17H25BrN2O2/c1-11-5-6-12(9-14(11)18)15-10-13(19)7-8-20(15)16(21)22-17(2,3)4/h5-6,9,13,15H,7-8,10,19H2,1-4H3. The molecule has 2 rings (SSSR count). The third-order valence-corrected chi connectivity index (χ3v) is 4.71. The molecule has 0 saturated carbocycles. The van der Waals surface area contributed by atoms with Crippen molar-refractivity contribution in [2.24, 2.45) is 5.73 Å². The molecule has 1 heterocycles. The number of amides is 1. The summed E-state index contributed by atoms with van der Waals surface area (Å²) >= 11 is 3.57. The van der Waals surface area contributed by atoms with Crippen LogP contribution in [0.3, 0.4) is 0 Å². The predicted molar refractivity (Wildman–Crippen MR) is 91.8 cm³/mol. The quantitative estimate of drug-likeness (QED) is 0.809. The molecule has 2 N–H and O–H groups in total. The Hall–Kier alpha value is -1.07. The van der Waals surface area contributed by atoms with Crippen molar-refractivity contribution in [3.05, 3.63) is 33.8 Å². The van der Waals surface area contributed by atoms with E-state index in [1.54, 1.807) is 0 Å². The van der Waals surface area contributed by atoms with Crippen molar-refractivity contribution in [3.8, 4) is 0 Å². The van der Waals surface area contributed by atoms with E-state index in [2.05, 4.69) is 34.1 Å². The Morgan fingerprint density at radius 3 is 2.68 bits per heavy atom. The smallest absolute Gasteiger partial charge is 0.410 e. The van der Waals surface area contributed by atoms with E-state index in [0.717, 1.165) is 22.9 Å². The molecule has 2 atom stereocenters. The number of carbonyl (C=O) groups excluding carboxylic acids is 1. The normalized spacial score (nSPS) is 22.5. The van der Waals surface area contributed by atoms with Crippen LogP contribution in [0.15, 0.2) is 22.7 Å². The molecule has 0 aliphatic carbocycles. The molecule has 1 aliphatic heterocycles. The molecule has 1 aromatic rings. The van der Waals surface area contributed by atoms with Crippen LogP contribution in [0.5, 0.6) is 0 Å². The van der Waals surface area contributed by atoms with Crippen molar-refractivity contribution >= 4 is 22.0 Å². The second-order valence-electron chi connectivity index (χ2n) is 6.98. The number of benzene rings is 1. The second-order valence-corrected chi connectivity index (χ2v) is 7.84. The number of rotatable bonds is 1. The summed E-state index contributed by atoms with van der Waals surface area (Å²) in [7, 11) is 0. The summed E-state index contributed by atoms with van der Waals surface area (Å²) in [5, 5.41) is 0. The van der Waals surface area contributed by atoms with E-state index in [1.165, 1.54) is 5.56 Å². The highest BCUT2D eigenvalue weighted by molar-refractivity contribution is 9.10. The molecule has 0 spiro atoms. The summed E-state index contributed by atoms with van der Waals surface area (Å²) < 4.78 is 6.60. The molecule has 5 heteroatoms. The molecular weight excluding hydrogens is 344 g/mol. The van der Waals surface area contributed by atoms with Crippen molar-refractivity contribution in [1.29, 1.82) is 0 Å². The first kappa shape index (κ1) is 17.3. The number of halogens is 1. The van der Waals surface area contributed by atoms with Crippen LogP contribution in [0.4, 0.5) is 4.79 Å². The maximum absolute atomic E-state index is 12.5. The van der Waals surface area contributed by atoms with Crippen LogP contribution in [0.1, 0.15) is 50.8 Å². The minimum Gasteiger partial charge on any atom is -0.444 e. The second kappa shape index (κ2) is 6.59. The fourth-order valence-electron chi connectivity index (χ4n) is 2.66. The van der Waals surface area contributed by atoms with Gasteiger partial charge in [0.05, 0.1) is 6.04 Å². The number of ether oxygens (including phenoxy) is 1. The molecule has 122 valence electrons. The van der Waals surface area contributed by atoms with E-state index in [4.69, 9.17) is 10.5 Å². The first-order valence-corrected chi connectivity index (χ1v) is 8.48. The number of hydrogen-bond donors (Lipinski definition) is 1. The third-order valence-electron chi connectivity index (χ3n) is 3.85. The Morgan fingerprint density at radius 2 is 2.09 bits per heavy atom. The van der Waals surface area contributed by atoms with Crippen molar-refractivity contribution in [2.45, 2.75) is 58.2 Å². The minimum atomic E-state index is -0.491. The van der Waals surface area contributed by atoms with Gasteiger partial charge in [-0.25, -0.2) is 4.79 Å². The number of carbonyl (C=O) groups is 1. The lowest BCUT2D eigenvalue weighted by atomic mass is 9.92. The van der Waals surface area contributed by atoms with Gasteiger partial charge in [0.2, 0.25) is 0 Å². The van der Waals surface area contributed by atoms with E-state index in [1.807, 2.05) is 32.6 Å². The first-order valence-electron chi connectivity index (χ1n) is 7.68. The van der Waals surface area contributed by atoms with Crippen molar-refractivity contribution in [1.82, 2.24) is 4.90 Å². The average molecular weight is 369 g/mol. The molecule has 0 bridgehead atoms. The predicted octanol–water partition coefficient (Wildman–Crippen LogP) is 4.16. The minimum absolute atomic E-state index is 0.0319. The van der Waals surface area contributed by atoms with Gasteiger partial charge in [-0.1, -0.05) is 28.1 Å². The summed E-state index contributed by atoms with van der Waals surface area (Å²) in [6.07, 6.45) is 1.30. The van der Waals surface area contributed by atoms with E-state index >= 15 is 0 Å². The number of nitrogens with zero attached hydrogens (tertiary/aromatic N) is 1. The summed E-state index contributed by atoms with van der Waals surface area (Å²) in [4.78, 5) is 14.3. The Morgan fingerprint density at radius 1 is 1.41 bits per heavy atom. The van der Waals surface area contributed by atoms with Gasteiger partial charge in [-0.05, 0) is 57.7 Å². The highest BCUT2D eigenvalue weighted by Crippen LogP contribution is 2.33. The van der Waals surface area contributed by atoms with Gasteiger partial charge in [-0.2, -0.15) is 0 Å². The van der Waals surface area contributed by atoms with Gasteiger partial charge in [0, 0.05) is 17.1 Å². The van der Waals surface area contributed by atoms with Gasteiger partial charge in [0.15, 0.2) is 0 Å². The molecule has 1 amide bonds. The van der Waals surface area contributed by atoms with Crippen molar-refractivity contribution in [2.75, 3.05) is 6.54 Å². The van der Waals surface area contributed by atoms with E-state index in [0.29, 0.717) is 6.54 Å². The molecule has 0 aromatic heterocycles. The van der Waals surface area contributed by atoms with Crippen molar-refractivity contribution < 1.29 is 9.53 Å². The van der Waals surface area contributed by atoms with Crippen LogP contribution in [0.25, 0.3) is 0 Å². The highest BCUT2D eigenvalue weighted by Gasteiger charge is 2.34. The number of piperidine rings is 1. The SMILES string of the molecule is Cc1ccc(C2CC(N)CCN2C(=O)OC(C)(C)C)cc1Br. The van der Waals surface area contributed by atoms with Crippen LogP contribution in [0.2, 0.25) is 0 Å². The molecular formula is C17H25BrN2O2. The van der Waals surface area contributed by atoms with Gasteiger partial charge in [-0.3, -0.25) is 0 Å². The first-order chi connectivity index (χ1) is 10.2. The number of likely N-dealkylation sites (tertiary alicyclic amines) is 1. The Bertz CT molecular complexity index is 554. The molecule has 1 saturated heterocycles. The van der Waals surface area contributed by atoms with E-state index in [9.17, 15) is 4.79 Å². The number of aryl methyl sites for hydroxylation is 1. The van der Waals surface area contributed by atoms with Gasteiger partial charge in [-0.15, -0.1) is 0 Å². The molecule has 1 aromatic carbocycles. The van der Waals surface area contributed by atoms with Gasteiger partial charge >= 0.3 is 6.09 Å². The lowest BCUT2D eigenvalue weighted by molar-refractivity contribution is 0.00796. The van der Waals surface area contributed by atoms with Crippen LogP contribution in [-0.4, -0.2) is 29.2 Å². The highest BCUT2D eigenvalue weighted by atomic mass is 79.9. The zero-order valence-corrected chi connectivity index (χ0v) is 15.3. The van der Waals surface area contributed by atoms with Gasteiger partial charge in [0.1, 0.15) is 5.60 Å². The topological polar surface area (TPSA) is 55.6 Å². The summed E-state index contributed by atoms with van der Waals surface area (Å²) in [6.45, 7) is 8.34. The number of hydrogen-bond acceptors (Lipinski definition) is 3. The van der Waals surface area contributed by atoms with E-state index < -0.39 is 5.60 Å². The average Bonchev–Trinajstić information content (AvgIpc) is 2.39. The van der Waals surface area contributed by atoms with Crippen LogP contribution in [-0.2, 0) is 4.74 Å². The Labute approximate surface area is 141 Å². The molecule has 0 radical (unpaired) electrons. The zero-order chi connectivity index (χ0) is 16.5. The van der Waals surface area contributed by atoms with Gasteiger partial charge < -0.3 is 15.4 Å². The summed E-state index contributed by atoms with van der Waals surface area (Å²) in [5.74, 6) is 0. The molecule has 1 fully saturated rings. The maximum atomic E-state index is 12.5. The summed E-state index contributed by atoms with van der Waals surface area (Å²) in [6, 6.07) is 6.29. The Kier molecular flexibility index (Phi) is 5.17. The largest absolute Gasteiger partial charge is 0.444 e.